The standard InChI is InChI=1S/C10H16N4O/c1-11-6-9-12-4-5-14(9)7-10(15)13-8-2-3-8/h4-5,8,11H,2-3,6-7H2,1H3,(H,13,15). The molecule has 1 aromatic heterocycles. The third-order valence-electron chi connectivity index (χ3n) is 2.39. The van der Waals surface area contributed by atoms with E-state index < -0.39 is 0 Å². The largest absolute Gasteiger partial charge is 0.352 e. The number of carbonyl (C=O) groups excluding carboxylic acids is 1. The van der Waals surface area contributed by atoms with E-state index in [2.05, 4.69) is 15.6 Å². The summed E-state index contributed by atoms with van der Waals surface area (Å²) in [5.41, 5.74) is 0. The van der Waals surface area contributed by atoms with Gasteiger partial charge in [-0.1, -0.05) is 0 Å². The van der Waals surface area contributed by atoms with E-state index in [-0.39, 0.29) is 5.91 Å². The minimum atomic E-state index is 0.0767. The first-order valence-electron chi connectivity index (χ1n) is 5.23. The molecule has 15 heavy (non-hydrogen) atoms. The number of carbonyl (C=O) groups is 1. The summed E-state index contributed by atoms with van der Waals surface area (Å²) in [7, 11) is 1.86. The number of imidazole rings is 1. The Morgan fingerprint density at radius 2 is 2.47 bits per heavy atom. The summed E-state index contributed by atoms with van der Waals surface area (Å²) in [6.45, 7) is 1.05. The molecule has 1 amide bonds. The van der Waals surface area contributed by atoms with E-state index in [4.69, 9.17) is 0 Å². The highest BCUT2D eigenvalue weighted by Gasteiger charge is 2.23. The summed E-state index contributed by atoms with van der Waals surface area (Å²) in [6.07, 6.45) is 5.80. The lowest BCUT2D eigenvalue weighted by molar-refractivity contribution is -0.121. The predicted molar refractivity (Wildman–Crippen MR) is 56.2 cm³/mol. The first-order valence-corrected chi connectivity index (χ1v) is 5.23. The molecule has 5 nitrogen and oxygen atoms in total. The Bertz CT molecular complexity index is 343. The molecule has 1 fully saturated rings. The van der Waals surface area contributed by atoms with Crippen LogP contribution in [0.4, 0.5) is 0 Å². The van der Waals surface area contributed by atoms with Crippen LogP contribution in [0, 0.1) is 0 Å². The fourth-order valence-electron chi connectivity index (χ4n) is 1.47. The van der Waals surface area contributed by atoms with Crippen LogP contribution in [0.25, 0.3) is 0 Å². The number of aromatic nitrogens is 2. The number of rotatable bonds is 5. The van der Waals surface area contributed by atoms with Gasteiger partial charge in [0.05, 0.1) is 6.54 Å². The number of hydrogen-bond donors (Lipinski definition) is 2. The molecule has 0 aliphatic heterocycles. The monoisotopic (exact) mass is 208 g/mol. The molecule has 5 heteroatoms. The fraction of sp³-hybridized carbons (Fsp3) is 0.600. The Morgan fingerprint density at radius 3 is 3.13 bits per heavy atom. The number of hydrogen-bond acceptors (Lipinski definition) is 3. The molecule has 1 aromatic rings. The first kappa shape index (κ1) is 10.2. The molecule has 2 N–H and O–H groups in total. The Hall–Kier alpha value is -1.36. The smallest absolute Gasteiger partial charge is 0.240 e. The minimum absolute atomic E-state index is 0.0767. The van der Waals surface area contributed by atoms with Crippen LogP contribution in [0.3, 0.4) is 0 Å². The maximum absolute atomic E-state index is 11.5. The van der Waals surface area contributed by atoms with Crippen molar-refractivity contribution < 1.29 is 4.79 Å². The summed E-state index contributed by atoms with van der Waals surface area (Å²) in [4.78, 5) is 15.7. The average Bonchev–Trinajstić information content (AvgIpc) is 2.90. The summed E-state index contributed by atoms with van der Waals surface area (Å²) in [5, 5.41) is 5.98. The first-order chi connectivity index (χ1) is 7.29. The van der Waals surface area contributed by atoms with Crippen molar-refractivity contribution in [1.29, 1.82) is 0 Å². The van der Waals surface area contributed by atoms with Crippen LogP contribution in [-0.2, 0) is 17.9 Å². The molecular weight excluding hydrogens is 192 g/mol. The Labute approximate surface area is 88.9 Å². The molecule has 0 radical (unpaired) electrons. The summed E-state index contributed by atoms with van der Waals surface area (Å²) in [6, 6.07) is 0.425. The van der Waals surface area contributed by atoms with Crippen molar-refractivity contribution in [1.82, 2.24) is 20.2 Å². The van der Waals surface area contributed by atoms with Gasteiger partial charge in [-0.3, -0.25) is 4.79 Å². The van der Waals surface area contributed by atoms with Gasteiger partial charge in [-0.15, -0.1) is 0 Å². The van der Waals surface area contributed by atoms with Crippen molar-refractivity contribution in [2.45, 2.75) is 32.0 Å². The van der Waals surface area contributed by atoms with Crippen LogP contribution < -0.4 is 10.6 Å². The Morgan fingerprint density at radius 1 is 1.67 bits per heavy atom. The van der Waals surface area contributed by atoms with Gasteiger partial charge < -0.3 is 15.2 Å². The fourth-order valence-corrected chi connectivity index (χ4v) is 1.47. The van der Waals surface area contributed by atoms with E-state index in [1.165, 1.54) is 0 Å². The number of amides is 1. The van der Waals surface area contributed by atoms with E-state index >= 15 is 0 Å². The highest BCUT2D eigenvalue weighted by atomic mass is 16.2. The van der Waals surface area contributed by atoms with Gasteiger partial charge in [-0.05, 0) is 19.9 Å². The van der Waals surface area contributed by atoms with Crippen molar-refractivity contribution in [3.63, 3.8) is 0 Å². The molecular formula is C10H16N4O. The summed E-state index contributed by atoms with van der Waals surface area (Å²) in [5.74, 6) is 0.969. The third-order valence-corrected chi connectivity index (χ3v) is 2.39. The molecule has 0 unspecified atom stereocenters. The van der Waals surface area contributed by atoms with E-state index in [1.54, 1.807) is 6.20 Å². The quantitative estimate of drug-likeness (QED) is 0.709. The van der Waals surface area contributed by atoms with Gasteiger partial charge in [0.25, 0.3) is 0 Å². The third kappa shape index (κ3) is 2.79. The van der Waals surface area contributed by atoms with Crippen LogP contribution in [0.5, 0.6) is 0 Å². The van der Waals surface area contributed by atoms with E-state index in [0.717, 1.165) is 18.7 Å². The van der Waals surface area contributed by atoms with Gasteiger partial charge in [-0.25, -0.2) is 4.98 Å². The van der Waals surface area contributed by atoms with Gasteiger partial charge in [0.15, 0.2) is 0 Å². The lowest BCUT2D eigenvalue weighted by Gasteiger charge is -2.07. The normalized spacial score (nSPS) is 15.3. The summed E-state index contributed by atoms with van der Waals surface area (Å²) >= 11 is 0. The van der Waals surface area contributed by atoms with Gasteiger partial charge in [-0.2, -0.15) is 0 Å². The SMILES string of the molecule is CNCc1nccn1CC(=O)NC1CC1. The molecule has 0 aromatic carbocycles. The molecule has 1 aliphatic carbocycles. The molecule has 1 heterocycles. The maximum atomic E-state index is 11.5. The average molecular weight is 208 g/mol. The topological polar surface area (TPSA) is 59.0 Å². The second-order valence-corrected chi connectivity index (χ2v) is 3.84. The zero-order chi connectivity index (χ0) is 10.7. The van der Waals surface area contributed by atoms with Crippen LogP contribution in [0.2, 0.25) is 0 Å². The Balaban J connectivity index is 1.90. The predicted octanol–water partition coefficient (Wildman–Crippen LogP) is -0.119. The molecule has 0 saturated heterocycles. The molecule has 2 rings (SSSR count). The number of nitrogens with zero attached hydrogens (tertiary/aromatic N) is 2. The maximum Gasteiger partial charge on any atom is 0.240 e. The van der Waals surface area contributed by atoms with Crippen LogP contribution in [0.1, 0.15) is 18.7 Å². The second kappa shape index (κ2) is 4.44. The van der Waals surface area contributed by atoms with E-state index in [1.807, 2.05) is 17.8 Å². The van der Waals surface area contributed by atoms with Crippen molar-refractivity contribution >= 4 is 5.91 Å². The summed E-state index contributed by atoms with van der Waals surface area (Å²) < 4.78 is 1.87. The molecule has 0 spiro atoms. The van der Waals surface area contributed by atoms with Crippen molar-refractivity contribution in [2.24, 2.45) is 0 Å². The molecule has 1 aliphatic rings. The Kier molecular flexibility index (Phi) is 3.01. The zero-order valence-electron chi connectivity index (χ0n) is 8.86. The zero-order valence-corrected chi connectivity index (χ0v) is 8.86. The van der Waals surface area contributed by atoms with Crippen molar-refractivity contribution in [3.8, 4) is 0 Å². The van der Waals surface area contributed by atoms with Gasteiger partial charge in [0, 0.05) is 18.4 Å². The van der Waals surface area contributed by atoms with Crippen molar-refractivity contribution in [3.05, 3.63) is 18.2 Å². The molecule has 0 atom stereocenters. The van der Waals surface area contributed by atoms with Crippen LogP contribution in [-0.4, -0.2) is 28.5 Å². The van der Waals surface area contributed by atoms with Gasteiger partial charge in [0.2, 0.25) is 5.91 Å². The molecule has 1 saturated carbocycles. The van der Waals surface area contributed by atoms with E-state index in [9.17, 15) is 4.79 Å². The number of nitrogens with one attached hydrogen (secondary N) is 2. The van der Waals surface area contributed by atoms with Gasteiger partial charge in [0.1, 0.15) is 12.4 Å². The highest BCUT2D eigenvalue weighted by Crippen LogP contribution is 2.18. The minimum Gasteiger partial charge on any atom is -0.352 e. The molecule has 82 valence electrons. The van der Waals surface area contributed by atoms with Crippen LogP contribution in [0.15, 0.2) is 12.4 Å². The lowest BCUT2D eigenvalue weighted by atomic mass is 10.5. The van der Waals surface area contributed by atoms with E-state index in [0.29, 0.717) is 19.1 Å². The second-order valence-electron chi connectivity index (χ2n) is 3.84. The van der Waals surface area contributed by atoms with Crippen molar-refractivity contribution in [2.75, 3.05) is 7.05 Å². The van der Waals surface area contributed by atoms with Gasteiger partial charge >= 0.3 is 0 Å². The molecule has 0 bridgehead atoms. The highest BCUT2D eigenvalue weighted by molar-refractivity contribution is 5.76. The van der Waals surface area contributed by atoms with Crippen LogP contribution >= 0.6 is 0 Å². The lowest BCUT2D eigenvalue weighted by Crippen LogP contribution is -2.30.